The van der Waals surface area contributed by atoms with Gasteiger partial charge in [0, 0.05) is 11.8 Å². The fourth-order valence-electron chi connectivity index (χ4n) is 7.70. The van der Waals surface area contributed by atoms with Crippen molar-refractivity contribution in [3.8, 4) is 0 Å². The summed E-state index contributed by atoms with van der Waals surface area (Å²) in [5, 5.41) is 31.6. The second-order valence-electron chi connectivity index (χ2n) is 11.0. The third kappa shape index (κ3) is 3.75. The largest absolute Gasteiger partial charge is 0.481 e. The van der Waals surface area contributed by atoms with E-state index in [0.29, 0.717) is 12.8 Å². The molecule has 0 aromatic heterocycles. The van der Waals surface area contributed by atoms with Gasteiger partial charge in [0.05, 0.1) is 18.9 Å². The minimum atomic E-state index is -1.71. The SMILES string of the molecule is C[C@]12CCC(=O)C=C1CC[C@@H]1[C@@H]2[C@@H](O)C[C@@]2(C)[C@@H]1CC[C@]2(O)C(=O)COC(=O)CCC(=O)O. The molecule has 7 atom stereocenters. The van der Waals surface area contributed by atoms with Gasteiger partial charge in [0.1, 0.15) is 5.60 Å². The molecule has 0 radical (unpaired) electrons. The van der Waals surface area contributed by atoms with Crippen LogP contribution in [0.1, 0.15) is 71.6 Å². The molecular weight excluding hydrogens is 428 g/mol. The number of carboxylic acids is 1. The number of aliphatic hydroxyl groups is 2. The Bertz CT molecular complexity index is 908. The minimum Gasteiger partial charge on any atom is -0.481 e. The van der Waals surface area contributed by atoms with Gasteiger partial charge in [0.2, 0.25) is 5.78 Å². The topological polar surface area (TPSA) is 138 Å². The van der Waals surface area contributed by atoms with Crippen LogP contribution in [0.25, 0.3) is 0 Å². The summed E-state index contributed by atoms with van der Waals surface area (Å²) in [6.07, 6.45) is 4.30. The van der Waals surface area contributed by atoms with Crippen LogP contribution in [-0.4, -0.2) is 57.1 Å². The van der Waals surface area contributed by atoms with Crippen molar-refractivity contribution in [1.29, 1.82) is 0 Å². The number of hydrogen-bond acceptors (Lipinski definition) is 7. The van der Waals surface area contributed by atoms with Crippen molar-refractivity contribution in [1.82, 2.24) is 0 Å². The monoisotopic (exact) mass is 462 g/mol. The summed E-state index contributed by atoms with van der Waals surface area (Å²) in [7, 11) is 0. The standard InChI is InChI=1S/C25H34O8/c1-23-9-7-15(26)11-14(23)3-4-16-17-8-10-25(32,24(17,2)12-18(27)22(16)23)19(28)13-33-21(31)6-5-20(29)30/h11,16-18,22,27,32H,3-10,12-13H2,1-2H3,(H,29,30)/t16-,17+,18-,22+,23-,24-,25-/m0/s1. The Morgan fingerprint density at radius 1 is 1.12 bits per heavy atom. The van der Waals surface area contributed by atoms with Crippen LogP contribution in [0.2, 0.25) is 0 Å². The van der Waals surface area contributed by atoms with Gasteiger partial charge in [-0.25, -0.2) is 0 Å². The zero-order valence-corrected chi connectivity index (χ0v) is 19.3. The van der Waals surface area contributed by atoms with E-state index in [2.05, 4.69) is 6.92 Å². The predicted octanol–water partition coefficient (Wildman–Crippen LogP) is 2.20. The van der Waals surface area contributed by atoms with Gasteiger partial charge in [0.25, 0.3) is 0 Å². The average Bonchev–Trinajstić information content (AvgIpc) is 3.02. The molecule has 0 spiro atoms. The van der Waals surface area contributed by atoms with Gasteiger partial charge >= 0.3 is 11.9 Å². The van der Waals surface area contributed by atoms with Crippen LogP contribution < -0.4 is 0 Å². The molecule has 4 aliphatic carbocycles. The molecule has 0 saturated heterocycles. The van der Waals surface area contributed by atoms with Crippen molar-refractivity contribution in [2.24, 2.45) is 28.6 Å². The van der Waals surface area contributed by atoms with Gasteiger partial charge in [0.15, 0.2) is 12.4 Å². The predicted molar refractivity (Wildman–Crippen MR) is 116 cm³/mol. The lowest BCUT2D eigenvalue weighted by atomic mass is 9.45. The molecule has 0 aromatic carbocycles. The molecule has 8 nitrogen and oxygen atoms in total. The first-order valence-corrected chi connectivity index (χ1v) is 12.0. The lowest BCUT2D eigenvalue weighted by Gasteiger charge is -2.60. The number of carboxylic acid groups (broad SMARTS) is 1. The maximum absolute atomic E-state index is 13.1. The van der Waals surface area contributed by atoms with Gasteiger partial charge in [-0.3, -0.25) is 19.2 Å². The Balaban J connectivity index is 1.53. The number of carbonyl (C=O) groups is 4. The molecule has 0 unspecified atom stereocenters. The van der Waals surface area contributed by atoms with E-state index in [4.69, 9.17) is 9.84 Å². The number of aliphatic carboxylic acids is 1. The summed E-state index contributed by atoms with van der Waals surface area (Å²) in [6, 6.07) is 0. The van der Waals surface area contributed by atoms with Gasteiger partial charge in [-0.1, -0.05) is 19.4 Å². The van der Waals surface area contributed by atoms with Crippen LogP contribution in [-0.2, 0) is 23.9 Å². The highest BCUT2D eigenvalue weighted by Crippen LogP contribution is 2.67. The summed E-state index contributed by atoms with van der Waals surface area (Å²) < 4.78 is 4.97. The van der Waals surface area contributed by atoms with Crippen molar-refractivity contribution < 1.29 is 39.2 Å². The summed E-state index contributed by atoms with van der Waals surface area (Å²) in [5.74, 6) is -2.20. The maximum Gasteiger partial charge on any atom is 0.306 e. The number of esters is 1. The lowest BCUT2D eigenvalue weighted by molar-refractivity contribution is -0.184. The second kappa shape index (κ2) is 8.31. The molecule has 4 rings (SSSR count). The summed E-state index contributed by atoms with van der Waals surface area (Å²) in [5.41, 5.74) is -1.68. The Morgan fingerprint density at radius 2 is 1.85 bits per heavy atom. The number of rotatable bonds is 6. The third-order valence-electron chi connectivity index (χ3n) is 9.42. The Morgan fingerprint density at radius 3 is 2.55 bits per heavy atom. The quantitative estimate of drug-likeness (QED) is 0.511. The number of aliphatic hydroxyl groups excluding tert-OH is 1. The Hall–Kier alpha value is -2.06. The molecule has 0 bridgehead atoms. The highest BCUT2D eigenvalue weighted by molar-refractivity contribution is 5.92. The zero-order chi connectivity index (χ0) is 24.2. The van der Waals surface area contributed by atoms with Crippen LogP contribution in [0.15, 0.2) is 11.6 Å². The van der Waals surface area contributed by atoms with E-state index in [1.807, 2.05) is 6.92 Å². The molecule has 3 N–H and O–H groups in total. The van der Waals surface area contributed by atoms with Crippen molar-refractivity contribution in [3.05, 3.63) is 11.6 Å². The van der Waals surface area contributed by atoms with Crippen molar-refractivity contribution in [2.45, 2.75) is 83.3 Å². The third-order valence-corrected chi connectivity index (χ3v) is 9.42. The minimum absolute atomic E-state index is 0.0185. The highest BCUT2D eigenvalue weighted by Gasteiger charge is 2.68. The number of carbonyl (C=O) groups excluding carboxylic acids is 3. The molecule has 3 saturated carbocycles. The van der Waals surface area contributed by atoms with Crippen LogP contribution in [0, 0.1) is 28.6 Å². The van der Waals surface area contributed by atoms with Crippen molar-refractivity contribution in [3.63, 3.8) is 0 Å². The summed E-state index contributed by atoms with van der Waals surface area (Å²) in [6.45, 7) is 3.41. The smallest absolute Gasteiger partial charge is 0.306 e. The van der Waals surface area contributed by atoms with E-state index in [1.54, 1.807) is 6.08 Å². The zero-order valence-electron chi connectivity index (χ0n) is 19.3. The van der Waals surface area contributed by atoms with Crippen molar-refractivity contribution >= 4 is 23.5 Å². The number of hydrogen-bond donors (Lipinski definition) is 3. The van der Waals surface area contributed by atoms with Crippen LogP contribution >= 0.6 is 0 Å². The fraction of sp³-hybridized carbons (Fsp3) is 0.760. The maximum atomic E-state index is 13.1. The summed E-state index contributed by atoms with van der Waals surface area (Å²) >= 11 is 0. The fourth-order valence-corrected chi connectivity index (χ4v) is 7.70. The van der Waals surface area contributed by atoms with Gasteiger partial charge < -0.3 is 20.1 Å². The van der Waals surface area contributed by atoms with Crippen LogP contribution in [0.4, 0.5) is 0 Å². The molecule has 182 valence electrons. The molecule has 33 heavy (non-hydrogen) atoms. The summed E-state index contributed by atoms with van der Waals surface area (Å²) in [4.78, 5) is 47.5. The van der Waals surface area contributed by atoms with Gasteiger partial charge in [-0.05, 0) is 67.8 Å². The highest BCUT2D eigenvalue weighted by atomic mass is 16.5. The first kappa shape index (κ1) is 24.1. The van der Waals surface area contributed by atoms with Crippen LogP contribution in [0.5, 0.6) is 0 Å². The van der Waals surface area contributed by atoms with E-state index in [-0.39, 0.29) is 54.6 Å². The molecule has 0 amide bonds. The molecule has 3 fully saturated rings. The number of ketones is 2. The second-order valence-corrected chi connectivity index (χ2v) is 11.0. The lowest BCUT2D eigenvalue weighted by Crippen LogP contribution is -2.62. The molecular formula is C25H34O8. The first-order valence-electron chi connectivity index (χ1n) is 12.0. The van der Waals surface area contributed by atoms with E-state index in [0.717, 1.165) is 24.8 Å². The molecule has 4 aliphatic rings. The molecule has 0 aliphatic heterocycles. The average molecular weight is 463 g/mol. The van der Waals surface area contributed by atoms with Crippen molar-refractivity contribution in [2.75, 3.05) is 6.61 Å². The Kier molecular flexibility index (Phi) is 6.06. The van der Waals surface area contributed by atoms with E-state index >= 15 is 0 Å². The number of ether oxygens (including phenoxy) is 1. The van der Waals surface area contributed by atoms with E-state index in [1.165, 1.54) is 0 Å². The van der Waals surface area contributed by atoms with Gasteiger partial charge in [-0.15, -0.1) is 0 Å². The van der Waals surface area contributed by atoms with E-state index < -0.39 is 41.4 Å². The van der Waals surface area contributed by atoms with Crippen LogP contribution in [0.3, 0.4) is 0 Å². The first-order chi connectivity index (χ1) is 15.4. The normalized spacial score (nSPS) is 41.9. The number of fused-ring (bicyclic) bond motifs is 5. The number of Topliss-reactive ketones (excluding diaryl/α,β-unsaturated/α-hetero) is 1. The molecule has 0 heterocycles. The van der Waals surface area contributed by atoms with Gasteiger partial charge in [-0.2, -0.15) is 0 Å². The van der Waals surface area contributed by atoms with E-state index in [9.17, 15) is 29.4 Å². The Labute approximate surface area is 193 Å². The molecule has 0 aromatic rings. The molecule has 8 heteroatoms. The number of allylic oxidation sites excluding steroid dienone is 1.